The average Bonchev–Trinajstić information content (AvgIpc) is 3.19. The number of rotatable bonds is 5. The first-order valence-electron chi connectivity index (χ1n) is 6.55. The van der Waals surface area contributed by atoms with Crippen molar-refractivity contribution in [3.05, 3.63) is 23.2 Å². The lowest BCUT2D eigenvalue weighted by molar-refractivity contribution is 0.389. The molecule has 6 heteroatoms. The molecule has 0 atom stereocenters. The first-order chi connectivity index (χ1) is 8.98. The van der Waals surface area contributed by atoms with Crippen LogP contribution in [0.3, 0.4) is 0 Å². The van der Waals surface area contributed by atoms with Crippen molar-refractivity contribution in [3.63, 3.8) is 0 Å². The van der Waals surface area contributed by atoms with Crippen LogP contribution in [0.4, 0.5) is 5.69 Å². The summed E-state index contributed by atoms with van der Waals surface area (Å²) >= 11 is 6.05. The van der Waals surface area contributed by atoms with Crippen LogP contribution in [0.1, 0.15) is 25.7 Å². The Morgan fingerprint density at radius 3 is 2.47 bits per heavy atom. The van der Waals surface area contributed by atoms with E-state index in [0.717, 1.165) is 25.7 Å². The van der Waals surface area contributed by atoms with Gasteiger partial charge in [-0.2, -0.15) is 4.31 Å². The molecule has 0 unspecified atom stereocenters. The van der Waals surface area contributed by atoms with E-state index in [0.29, 0.717) is 18.2 Å². The van der Waals surface area contributed by atoms with Crippen molar-refractivity contribution in [2.24, 2.45) is 5.92 Å². The molecule has 2 N–H and O–H groups in total. The highest BCUT2D eigenvalue weighted by atomic mass is 35.5. The van der Waals surface area contributed by atoms with Gasteiger partial charge in [-0.15, -0.1) is 0 Å². The van der Waals surface area contributed by atoms with Gasteiger partial charge in [0.1, 0.15) is 4.90 Å². The fourth-order valence-corrected chi connectivity index (χ4v) is 4.50. The first-order valence-corrected chi connectivity index (χ1v) is 8.37. The van der Waals surface area contributed by atoms with Crippen molar-refractivity contribution in [2.45, 2.75) is 36.6 Å². The number of benzene rings is 1. The van der Waals surface area contributed by atoms with Crippen molar-refractivity contribution >= 4 is 27.3 Å². The highest BCUT2D eigenvalue weighted by Gasteiger charge is 2.41. The summed E-state index contributed by atoms with van der Waals surface area (Å²) in [6.07, 6.45) is 4.18. The van der Waals surface area contributed by atoms with Gasteiger partial charge in [-0.1, -0.05) is 11.6 Å². The van der Waals surface area contributed by atoms with E-state index in [4.69, 9.17) is 17.3 Å². The Morgan fingerprint density at radius 2 is 1.95 bits per heavy atom. The Labute approximate surface area is 118 Å². The van der Waals surface area contributed by atoms with E-state index in [9.17, 15) is 8.42 Å². The molecule has 0 aliphatic heterocycles. The molecule has 1 aromatic carbocycles. The molecule has 0 saturated heterocycles. The van der Waals surface area contributed by atoms with Crippen molar-refractivity contribution in [3.8, 4) is 0 Å². The van der Waals surface area contributed by atoms with Gasteiger partial charge >= 0.3 is 0 Å². The topological polar surface area (TPSA) is 63.4 Å². The fourth-order valence-electron chi connectivity index (χ4n) is 2.21. The van der Waals surface area contributed by atoms with Gasteiger partial charge in [0.25, 0.3) is 0 Å². The summed E-state index contributed by atoms with van der Waals surface area (Å²) in [4.78, 5) is 0.177. The predicted octanol–water partition coefficient (Wildman–Crippen LogP) is 2.49. The Morgan fingerprint density at radius 1 is 1.26 bits per heavy atom. The van der Waals surface area contributed by atoms with Crippen LogP contribution in [0.5, 0.6) is 0 Å². The number of hydrogen-bond acceptors (Lipinski definition) is 3. The van der Waals surface area contributed by atoms with E-state index >= 15 is 0 Å². The Hall–Kier alpha value is -0.780. The van der Waals surface area contributed by atoms with Crippen LogP contribution in [0, 0.1) is 5.92 Å². The van der Waals surface area contributed by atoms with Crippen LogP contribution in [-0.2, 0) is 10.0 Å². The molecule has 1 aromatic rings. The zero-order chi connectivity index (χ0) is 13.6. The van der Waals surface area contributed by atoms with E-state index < -0.39 is 10.0 Å². The second-order valence-corrected chi connectivity index (χ2v) is 7.71. The summed E-state index contributed by atoms with van der Waals surface area (Å²) in [7, 11) is -3.49. The SMILES string of the molecule is Nc1ccc(S(=O)(=O)N(CC2CC2)C2CC2)c(Cl)c1. The predicted molar refractivity (Wildman–Crippen MR) is 75.5 cm³/mol. The van der Waals surface area contributed by atoms with Crippen LogP contribution < -0.4 is 5.73 Å². The highest BCUT2D eigenvalue weighted by Crippen LogP contribution is 2.39. The molecule has 0 radical (unpaired) electrons. The fraction of sp³-hybridized carbons (Fsp3) is 0.538. The average molecular weight is 301 g/mol. The number of nitrogens with zero attached hydrogens (tertiary/aromatic N) is 1. The van der Waals surface area contributed by atoms with Gasteiger partial charge in [-0.05, 0) is 49.8 Å². The number of nitrogens with two attached hydrogens (primary N) is 1. The summed E-state index contributed by atoms with van der Waals surface area (Å²) in [5.41, 5.74) is 6.09. The molecule has 19 heavy (non-hydrogen) atoms. The lowest BCUT2D eigenvalue weighted by atomic mass is 10.3. The zero-order valence-corrected chi connectivity index (χ0v) is 12.1. The summed E-state index contributed by atoms with van der Waals surface area (Å²) in [6.45, 7) is 0.633. The molecule has 0 heterocycles. The minimum Gasteiger partial charge on any atom is -0.399 e. The van der Waals surface area contributed by atoms with Crippen LogP contribution in [-0.4, -0.2) is 25.3 Å². The normalized spacial score (nSPS) is 19.9. The lowest BCUT2D eigenvalue weighted by Gasteiger charge is -2.22. The molecule has 2 aliphatic rings. The van der Waals surface area contributed by atoms with Crippen molar-refractivity contribution in [2.75, 3.05) is 12.3 Å². The maximum atomic E-state index is 12.7. The first kappa shape index (κ1) is 13.2. The van der Waals surface area contributed by atoms with Gasteiger partial charge in [0, 0.05) is 18.3 Å². The van der Waals surface area contributed by atoms with Crippen LogP contribution in [0.15, 0.2) is 23.1 Å². The molecule has 0 aromatic heterocycles. The molecule has 104 valence electrons. The zero-order valence-electron chi connectivity index (χ0n) is 10.5. The minimum atomic E-state index is -3.49. The van der Waals surface area contributed by atoms with Crippen LogP contribution in [0.25, 0.3) is 0 Å². The lowest BCUT2D eigenvalue weighted by Crippen LogP contribution is -2.35. The van der Waals surface area contributed by atoms with Gasteiger partial charge in [0.15, 0.2) is 0 Å². The van der Waals surface area contributed by atoms with E-state index in [2.05, 4.69) is 0 Å². The van der Waals surface area contributed by atoms with Crippen LogP contribution in [0.2, 0.25) is 5.02 Å². The monoisotopic (exact) mass is 300 g/mol. The Kier molecular flexibility index (Phi) is 3.23. The van der Waals surface area contributed by atoms with Gasteiger partial charge < -0.3 is 5.73 Å². The molecular weight excluding hydrogens is 284 g/mol. The Bertz CT molecular complexity index is 595. The third kappa shape index (κ3) is 2.73. The number of hydrogen-bond donors (Lipinski definition) is 1. The standard InChI is InChI=1S/C13H17ClN2O2S/c14-12-7-10(15)3-6-13(12)19(17,18)16(11-4-5-11)8-9-1-2-9/h3,6-7,9,11H,1-2,4-5,8,15H2. The van der Waals surface area contributed by atoms with Gasteiger partial charge in [-0.3, -0.25) is 0 Å². The van der Waals surface area contributed by atoms with E-state index in [-0.39, 0.29) is 16.0 Å². The quantitative estimate of drug-likeness (QED) is 0.850. The molecule has 3 rings (SSSR count). The number of sulfonamides is 1. The largest absolute Gasteiger partial charge is 0.399 e. The summed E-state index contributed by atoms with van der Waals surface area (Å²) in [6, 6.07) is 4.76. The molecule has 2 fully saturated rings. The number of nitrogen functional groups attached to an aromatic ring is 1. The van der Waals surface area contributed by atoms with Crippen LogP contribution >= 0.6 is 11.6 Å². The molecule has 2 aliphatic carbocycles. The maximum Gasteiger partial charge on any atom is 0.244 e. The van der Waals surface area contributed by atoms with Crippen molar-refractivity contribution in [1.82, 2.24) is 4.31 Å². The minimum absolute atomic E-state index is 0.166. The van der Waals surface area contributed by atoms with Crippen molar-refractivity contribution < 1.29 is 8.42 Å². The van der Waals surface area contributed by atoms with Gasteiger partial charge in [0.2, 0.25) is 10.0 Å². The molecule has 2 saturated carbocycles. The second kappa shape index (κ2) is 4.65. The van der Waals surface area contributed by atoms with E-state index in [1.165, 1.54) is 12.1 Å². The van der Waals surface area contributed by atoms with E-state index in [1.807, 2.05) is 0 Å². The Balaban J connectivity index is 1.94. The smallest absolute Gasteiger partial charge is 0.244 e. The molecule has 0 spiro atoms. The third-order valence-corrected chi connectivity index (χ3v) is 6.03. The summed E-state index contributed by atoms with van der Waals surface area (Å²) < 4.78 is 27.1. The van der Waals surface area contributed by atoms with Crippen molar-refractivity contribution in [1.29, 1.82) is 0 Å². The van der Waals surface area contributed by atoms with Gasteiger partial charge in [0.05, 0.1) is 5.02 Å². The second-order valence-electron chi connectivity index (χ2n) is 5.44. The highest BCUT2D eigenvalue weighted by molar-refractivity contribution is 7.89. The maximum absolute atomic E-state index is 12.7. The molecular formula is C13H17ClN2O2S. The van der Waals surface area contributed by atoms with Gasteiger partial charge in [-0.25, -0.2) is 8.42 Å². The third-order valence-electron chi connectivity index (χ3n) is 3.63. The molecule has 0 bridgehead atoms. The summed E-state index contributed by atoms with van der Waals surface area (Å²) in [5.74, 6) is 0.530. The molecule has 4 nitrogen and oxygen atoms in total. The van der Waals surface area contributed by atoms with E-state index in [1.54, 1.807) is 10.4 Å². The summed E-state index contributed by atoms with van der Waals surface area (Å²) in [5, 5.41) is 0.210. The number of anilines is 1. The molecule has 0 amide bonds. The number of halogens is 1.